The standard InChI is InChI=1S/C19H23FN2O3/c1-13(23)14-8-10-22(11-9-14)19(24)7-6-18-21-12-17(25-18)15-2-4-16(20)5-3-15/h2-5,12-14,23H,6-11H2,1H3. The summed E-state index contributed by atoms with van der Waals surface area (Å²) in [4.78, 5) is 18.4. The topological polar surface area (TPSA) is 66.6 Å². The van der Waals surface area contributed by atoms with Gasteiger partial charge in [-0.15, -0.1) is 0 Å². The molecule has 0 bridgehead atoms. The highest BCUT2D eigenvalue weighted by Crippen LogP contribution is 2.23. The Labute approximate surface area is 146 Å². The van der Waals surface area contributed by atoms with Crippen LogP contribution in [0.2, 0.25) is 0 Å². The number of carbonyl (C=O) groups excluding carboxylic acids is 1. The van der Waals surface area contributed by atoms with Crippen LogP contribution < -0.4 is 0 Å². The number of oxazole rings is 1. The van der Waals surface area contributed by atoms with Crippen LogP contribution in [0.5, 0.6) is 0 Å². The Balaban J connectivity index is 1.51. The number of halogens is 1. The van der Waals surface area contributed by atoms with Crippen molar-refractivity contribution >= 4 is 5.91 Å². The minimum Gasteiger partial charge on any atom is -0.441 e. The second-order valence-corrected chi connectivity index (χ2v) is 6.58. The number of amides is 1. The number of carbonyl (C=O) groups is 1. The zero-order valence-corrected chi connectivity index (χ0v) is 14.3. The fourth-order valence-electron chi connectivity index (χ4n) is 3.18. The lowest BCUT2D eigenvalue weighted by Gasteiger charge is -2.33. The lowest BCUT2D eigenvalue weighted by molar-refractivity contribution is -0.133. The van der Waals surface area contributed by atoms with E-state index in [-0.39, 0.29) is 23.7 Å². The monoisotopic (exact) mass is 346 g/mol. The molecule has 1 saturated heterocycles. The van der Waals surface area contributed by atoms with Crippen LogP contribution in [-0.2, 0) is 11.2 Å². The quantitative estimate of drug-likeness (QED) is 0.904. The third-order valence-corrected chi connectivity index (χ3v) is 4.81. The van der Waals surface area contributed by atoms with Gasteiger partial charge in [0.15, 0.2) is 11.7 Å². The first-order valence-corrected chi connectivity index (χ1v) is 8.69. The van der Waals surface area contributed by atoms with Gasteiger partial charge in [-0.2, -0.15) is 0 Å². The molecule has 1 aliphatic rings. The maximum Gasteiger partial charge on any atom is 0.223 e. The van der Waals surface area contributed by atoms with Gasteiger partial charge >= 0.3 is 0 Å². The molecule has 5 nitrogen and oxygen atoms in total. The summed E-state index contributed by atoms with van der Waals surface area (Å²) in [6, 6.07) is 6.02. The number of aromatic nitrogens is 1. The highest BCUT2D eigenvalue weighted by molar-refractivity contribution is 5.76. The Bertz CT molecular complexity index is 704. The summed E-state index contributed by atoms with van der Waals surface area (Å²) in [5.74, 6) is 1.15. The molecule has 1 aromatic heterocycles. The summed E-state index contributed by atoms with van der Waals surface area (Å²) in [5, 5.41) is 9.62. The smallest absolute Gasteiger partial charge is 0.223 e. The van der Waals surface area contributed by atoms with Crippen LogP contribution in [0.15, 0.2) is 34.9 Å². The number of aryl methyl sites for hydroxylation is 1. The summed E-state index contributed by atoms with van der Waals surface area (Å²) in [7, 11) is 0. The van der Waals surface area contributed by atoms with Crippen LogP contribution >= 0.6 is 0 Å². The number of aliphatic hydroxyl groups excluding tert-OH is 1. The second-order valence-electron chi connectivity index (χ2n) is 6.58. The molecule has 134 valence electrons. The van der Waals surface area contributed by atoms with E-state index in [0.29, 0.717) is 37.6 Å². The summed E-state index contributed by atoms with van der Waals surface area (Å²) in [5.41, 5.74) is 0.756. The molecule has 1 N–H and O–H groups in total. The van der Waals surface area contributed by atoms with Gasteiger partial charge in [-0.25, -0.2) is 9.37 Å². The number of hydrogen-bond donors (Lipinski definition) is 1. The average molecular weight is 346 g/mol. The van der Waals surface area contributed by atoms with E-state index < -0.39 is 0 Å². The van der Waals surface area contributed by atoms with Crippen LogP contribution in [0.1, 0.15) is 32.1 Å². The van der Waals surface area contributed by atoms with Gasteiger partial charge < -0.3 is 14.4 Å². The number of piperidine rings is 1. The van der Waals surface area contributed by atoms with Crippen molar-refractivity contribution in [3.63, 3.8) is 0 Å². The third kappa shape index (κ3) is 4.45. The number of aliphatic hydroxyl groups is 1. The Morgan fingerprint density at radius 1 is 1.36 bits per heavy atom. The maximum atomic E-state index is 13.0. The number of hydrogen-bond acceptors (Lipinski definition) is 4. The summed E-state index contributed by atoms with van der Waals surface area (Å²) < 4.78 is 18.6. The fraction of sp³-hybridized carbons (Fsp3) is 0.474. The largest absolute Gasteiger partial charge is 0.441 e. The van der Waals surface area contributed by atoms with Crippen LogP contribution in [0.25, 0.3) is 11.3 Å². The fourth-order valence-corrected chi connectivity index (χ4v) is 3.18. The van der Waals surface area contributed by atoms with Crippen LogP contribution in [0.3, 0.4) is 0 Å². The molecule has 6 heteroatoms. The Hall–Kier alpha value is -2.21. The molecule has 0 radical (unpaired) electrons. The van der Waals surface area contributed by atoms with Gasteiger partial charge in [-0.05, 0) is 49.9 Å². The summed E-state index contributed by atoms with van der Waals surface area (Å²) in [6.07, 6.45) is 3.77. The molecule has 2 aromatic rings. The van der Waals surface area contributed by atoms with Crippen molar-refractivity contribution in [3.8, 4) is 11.3 Å². The number of likely N-dealkylation sites (tertiary alicyclic amines) is 1. The molecule has 2 heterocycles. The lowest BCUT2D eigenvalue weighted by Crippen LogP contribution is -2.40. The van der Waals surface area contributed by atoms with Crippen LogP contribution in [0.4, 0.5) is 4.39 Å². The summed E-state index contributed by atoms with van der Waals surface area (Å²) >= 11 is 0. The number of benzene rings is 1. The van der Waals surface area contributed by atoms with Gasteiger partial charge in [-0.3, -0.25) is 4.79 Å². The van der Waals surface area contributed by atoms with Crippen molar-refractivity contribution in [2.75, 3.05) is 13.1 Å². The zero-order chi connectivity index (χ0) is 17.8. The van der Waals surface area contributed by atoms with E-state index in [2.05, 4.69) is 4.98 Å². The van der Waals surface area contributed by atoms with Crippen molar-refractivity contribution in [1.82, 2.24) is 9.88 Å². The first-order chi connectivity index (χ1) is 12.0. The molecule has 25 heavy (non-hydrogen) atoms. The van der Waals surface area contributed by atoms with Crippen molar-refractivity contribution in [3.05, 3.63) is 42.2 Å². The van der Waals surface area contributed by atoms with Crippen LogP contribution in [-0.4, -0.2) is 40.1 Å². The molecule has 3 rings (SSSR count). The normalized spacial score (nSPS) is 16.8. The van der Waals surface area contributed by atoms with Gasteiger partial charge in [0, 0.05) is 31.5 Å². The van der Waals surface area contributed by atoms with Gasteiger partial charge in [0.25, 0.3) is 0 Å². The molecule has 1 amide bonds. The lowest BCUT2D eigenvalue weighted by atomic mass is 9.92. The molecule has 1 aliphatic heterocycles. The van der Waals surface area contributed by atoms with Gasteiger partial charge in [0.1, 0.15) is 5.82 Å². The van der Waals surface area contributed by atoms with Crippen molar-refractivity contribution in [2.45, 2.75) is 38.7 Å². The Kier molecular flexibility index (Phi) is 5.48. The molecule has 0 saturated carbocycles. The molecule has 1 atom stereocenters. The maximum absolute atomic E-state index is 13.0. The Morgan fingerprint density at radius 2 is 2.04 bits per heavy atom. The molecule has 1 aromatic carbocycles. The molecule has 0 spiro atoms. The molecular formula is C19H23FN2O3. The highest BCUT2D eigenvalue weighted by Gasteiger charge is 2.25. The highest BCUT2D eigenvalue weighted by atomic mass is 19.1. The first-order valence-electron chi connectivity index (χ1n) is 8.69. The van der Waals surface area contributed by atoms with Crippen LogP contribution in [0, 0.1) is 11.7 Å². The van der Waals surface area contributed by atoms with Crippen molar-refractivity contribution in [1.29, 1.82) is 0 Å². The minimum absolute atomic E-state index is 0.0885. The zero-order valence-electron chi connectivity index (χ0n) is 14.3. The van der Waals surface area contributed by atoms with E-state index in [0.717, 1.165) is 18.4 Å². The van der Waals surface area contributed by atoms with E-state index in [4.69, 9.17) is 4.42 Å². The van der Waals surface area contributed by atoms with Gasteiger partial charge in [0.05, 0.1) is 12.3 Å². The first kappa shape index (κ1) is 17.6. The van der Waals surface area contributed by atoms with E-state index in [1.165, 1.54) is 12.1 Å². The SMILES string of the molecule is CC(O)C1CCN(C(=O)CCc2ncc(-c3ccc(F)cc3)o2)CC1. The number of rotatable bonds is 5. The third-order valence-electron chi connectivity index (χ3n) is 4.81. The average Bonchev–Trinajstić information content (AvgIpc) is 3.09. The summed E-state index contributed by atoms with van der Waals surface area (Å²) in [6.45, 7) is 3.20. The predicted molar refractivity (Wildman–Crippen MR) is 91.2 cm³/mol. The minimum atomic E-state index is -0.311. The van der Waals surface area contributed by atoms with E-state index in [1.807, 2.05) is 11.8 Å². The van der Waals surface area contributed by atoms with Gasteiger partial charge in [0.2, 0.25) is 5.91 Å². The Morgan fingerprint density at radius 3 is 2.68 bits per heavy atom. The van der Waals surface area contributed by atoms with Gasteiger partial charge in [-0.1, -0.05) is 0 Å². The van der Waals surface area contributed by atoms with Crippen molar-refractivity contribution in [2.24, 2.45) is 5.92 Å². The van der Waals surface area contributed by atoms with E-state index in [1.54, 1.807) is 18.3 Å². The molecule has 1 unspecified atom stereocenters. The van der Waals surface area contributed by atoms with E-state index in [9.17, 15) is 14.3 Å². The van der Waals surface area contributed by atoms with E-state index >= 15 is 0 Å². The molecule has 1 fully saturated rings. The predicted octanol–water partition coefficient (Wildman–Crippen LogP) is 3.03. The second kappa shape index (κ2) is 7.78. The number of nitrogens with zero attached hydrogens (tertiary/aromatic N) is 2. The molecule has 0 aliphatic carbocycles. The van der Waals surface area contributed by atoms with Crippen molar-refractivity contribution < 1.29 is 18.7 Å². The molecular weight excluding hydrogens is 323 g/mol.